The third-order valence-electron chi connectivity index (χ3n) is 3.79. The van der Waals surface area contributed by atoms with Crippen LogP contribution in [-0.4, -0.2) is 35.1 Å². The molecule has 0 N–H and O–H groups in total. The van der Waals surface area contributed by atoms with Gasteiger partial charge >= 0.3 is 0 Å². The normalized spacial score (nSPS) is 18.8. The zero-order chi connectivity index (χ0) is 14.8. The number of nitrogens with zero attached hydrogens (tertiary/aromatic N) is 2. The second-order valence-electron chi connectivity index (χ2n) is 5.14. The summed E-state index contributed by atoms with van der Waals surface area (Å²) in [5.41, 5.74) is 1.38. The first-order chi connectivity index (χ1) is 10.2. The second-order valence-corrected chi connectivity index (χ2v) is 5.14. The Morgan fingerprint density at radius 2 is 2.19 bits per heavy atom. The number of rotatable bonds is 2. The molecule has 4 nitrogen and oxygen atoms in total. The summed E-state index contributed by atoms with van der Waals surface area (Å²) >= 11 is 0. The van der Waals surface area contributed by atoms with Gasteiger partial charge in [-0.1, -0.05) is 6.07 Å². The lowest BCUT2D eigenvalue weighted by molar-refractivity contribution is -0.00465. The van der Waals surface area contributed by atoms with Gasteiger partial charge in [-0.05, 0) is 30.3 Å². The molecular weight excluding hydrogens is 271 g/mol. The van der Waals surface area contributed by atoms with Gasteiger partial charge in [0.2, 0.25) is 0 Å². The molecule has 1 atom stereocenters. The molecule has 1 aromatic carbocycles. The molecule has 21 heavy (non-hydrogen) atoms. The molecule has 5 heteroatoms. The second kappa shape index (κ2) is 5.69. The zero-order valence-electron chi connectivity index (χ0n) is 11.8. The molecule has 2 aromatic rings. The lowest BCUT2D eigenvalue weighted by atomic mass is 10.1. The summed E-state index contributed by atoms with van der Waals surface area (Å²) in [6.45, 7) is 1.46. The first-order valence-electron chi connectivity index (χ1n) is 6.92. The van der Waals surface area contributed by atoms with Gasteiger partial charge in [0.1, 0.15) is 5.82 Å². The van der Waals surface area contributed by atoms with E-state index in [1.807, 2.05) is 29.9 Å². The summed E-state index contributed by atoms with van der Waals surface area (Å²) in [4.78, 5) is 14.4. The first-order valence-corrected chi connectivity index (χ1v) is 6.92. The van der Waals surface area contributed by atoms with Gasteiger partial charge in [-0.2, -0.15) is 0 Å². The van der Waals surface area contributed by atoms with Crippen LogP contribution < -0.4 is 0 Å². The van der Waals surface area contributed by atoms with E-state index in [1.54, 1.807) is 17.0 Å². The number of carbonyl (C=O) groups is 1. The molecule has 1 aliphatic heterocycles. The smallest absolute Gasteiger partial charge is 0.254 e. The van der Waals surface area contributed by atoms with E-state index in [4.69, 9.17) is 4.74 Å². The monoisotopic (exact) mass is 288 g/mol. The number of amides is 1. The SMILES string of the molecule is Cn1cccc1[C@H]1COCCN1C(=O)c1cccc(F)c1. The molecule has 0 bridgehead atoms. The van der Waals surface area contributed by atoms with Crippen molar-refractivity contribution in [1.82, 2.24) is 9.47 Å². The van der Waals surface area contributed by atoms with Gasteiger partial charge in [0.25, 0.3) is 5.91 Å². The maximum Gasteiger partial charge on any atom is 0.254 e. The van der Waals surface area contributed by atoms with Gasteiger partial charge in [-0.3, -0.25) is 4.79 Å². The molecule has 0 saturated carbocycles. The van der Waals surface area contributed by atoms with Crippen molar-refractivity contribution >= 4 is 5.91 Å². The van der Waals surface area contributed by atoms with Crippen LogP contribution in [0.2, 0.25) is 0 Å². The van der Waals surface area contributed by atoms with Crippen molar-refractivity contribution in [2.75, 3.05) is 19.8 Å². The highest BCUT2D eigenvalue weighted by atomic mass is 19.1. The van der Waals surface area contributed by atoms with Crippen molar-refractivity contribution in [2.45, 2.75) is 6.04 Å². The van der Waals surface area contributed by atoms with Crippen LogP contribution in [0.1, 0.15) is 22.1 Å². The van der Waals surface area contributed by atoms with Crippen LogP contribution in [0.5, 0.6) is 0 Å². The average molecular weight is 288 g/mol. The van der Waals surface area contributed by atoms with Gasteiger partial charge in [0, 0.05) is 31.0 Å². The summed E-state index contributed by atoms with van der Waals surface area (Å²) < 4.78 is 20.8. The number of hydrogen-bond acceptors (Lipinski definition) is 2. The molecular formula is C16H17FN2O2. The summed E-state index contributed by atoms with van der Waals surface area (Å²) in [5, 5.41) is 0. The van der Waals surface area contributed by atoms with Crippen molar-refractivity contribution in [3.05, 3.63) is 59.7 Å². The molecule has 1 aromatic heterocycles. The quantitative estimate of drug-likeness (QED) is 0.850. The van der Waals surface area contributed by atoms with E-state index in [-0.39, 0.29) is 11.9 Å². The number of aromatic nitrogens is 1. The standard InChI is InChI=1S/C16H17FN2O2/c1-18-7-3-6-14(18)15-11-21-9-8-19(15)16(20)12-4-2-5-13(17)10-12/h2-7,10,15H,8-9,11H2,1H3/t15-/m1/s1. The molecule has 1 aliphatic rings. The fourth-order valence-electron chi connectivity index (χ4n) is 2.70. The molecule has 0 aliphatic carbocycles. The summed E-state index contributed by atoms with van der Waals surface area (Å²) in [7, 11) is 1.94. The topological polar surface area (TPSA) is 34.5 Å². The first kappa shape index (κ1) is 13.8. The predicted molar refractivity (Wildman–Crippen MR) is 76.4 cm³/mol. The van der Waals surface area contributed by atoms with Gasteiger partial charge < -0.3 is 14.2 Å². The van der Waals surface area contributed by atoms with Crippen molar-refractivity contribution in [1.29, 1.82) is 0 Å². The van der Waals surface area contributed by atoms with Crippen molar-refractivity contribution in [2.24, 2.45) is 7.05 Å². The zero-order valence-corrected chi connectivity index (χ0v) is 11.8. The third kappa shape index (κ3) is 2.69. The highest BCUT2D eigenvalue weighted by Gasteiger charge is 2.30. The number of morpholine rings is 1. The molecule has 0 spiro atoms. The number of halogens is 1. The van der Waals surface area contributed by atoms with E-state index in [2.05, 4.69) is 0 Å². The van der Waals surface area contributed by atoms with E-state index >= 15 is 0 Å². The summed E-state index contributed by atoms with van der Waals surface area (Å²) in [5.74, 6) is -0.562. The Labute approximate surface area is 122 Å². The maximum atomic E-state index is 13.3. The fourth-order valence-corrected chi connectivity index (χ4v) is 2.70. The van der Waals surface area contributed by atoms with E-state index in [9.17, 15) is 9.18 Å². The number of benzene rings is 1. The van der Waals surface area contributed by atoms with Crippen LogP contribution in [0.4, 0.5) is 4.39 Å². The van der Waals surface area contributed by atoms with E-state index in [1.165, 1.54) is 12.1 Å². The number of hydrogen-bond donors (Lipinski definition) is 0. The Hall–Kier alpha value is -2.14. The minimum absolute atomic E-state index is 0.144. The Bertz CT molecular complexity index is 653. The lowest BCUT2D eigenvalue weighted by Gasteiger charge is -2.36. The van der Waals surface area contributed by atoms with Crippen LogP contribution in [0.25, 0.3) is 0 Å². The molecule has 1 saturated heterocycles. The van der Waals surface area contributed by atoms with Crippen LogP contribution in [0.3, 0.4) is 0 Å². The summed E-state index contributed by atoms with van der Waals surface area (Å²) in [6.07, 6.45) is 1.94. The molecule has 1 amide bonds. The Kier molecular flexibility index (Phi) is 3.75. The molecule has 3 rings (SSSR count). The Balaban J connectivity index is 1.91. The minimum atomic E-state index is -0.399. The number of ether oxygens (including phenoxy) is 1. The molecule has 1 fully saturated rings. The maximum absolute atomic E-state index is 13.3. The van der Waals surface area contributed by atoms with Crippen LogP contribution >= 0.6 is 0 Å². The highest BCUT2D eigenvalue weighted by Crippen LogP contribution is 2.26. The average Bonchev–Trinajstić information content (AvgIpc) is 2.92. The largest absolute Gasteiger partial charge is 0.377 e. The fraction of sp³-hybridized carbons (Fsp3) is 0.312. The summed E-state index contributed by atoms with van der Waals surface area (Å²) in [6, 6.07) is 9.59. The van der Waals surface area contributed by atoms with Gasteiger partial charge in [0.05, 0.1) is 19.3 Å². The van der Waals surface area contributed by atoms with Crippen LogP contribution in [-0.2, 0) is 11.8 Å². The predicted octanol–water partition coefficient (Wildman–Crippen LogP) is 2.38. The van der Waals surface area contributed by atoms with Crippen molar-refractivity contribution in [3.63, 3.8) is 0 Å². The number of aryl methyl sites for hydroxylation is 1. The van der Waals surface area contributed by atoms with E-state index in [0.29, 0.717) is 25.3 Å². The van der Waals surface area contributed by atoms with Gasteiger partial charge in [-0.25, -0.2) is 4.39 Å². The van der Waals surface area contributed by atoms with E-state index in [0.717, 1.165) is 5.69 Å². The Morgan fingerprint density at radius 1 is 1.33 bits per heavy atom. The minimum Gasteiger partial charge on any atom is -0.377 e. The molecule has 0 radical (unpaired) electrons. The van der Waals surface area contributed by atoms with E-state index < -0.39 is 5.82 Å². The Morgan fingerprint density at radius 3 is 2.90 bits per heavy atom. The molecule has 0 unspecified atom stereocenters. The van der Waals surface area contributed by atoms with Crippen LogP contribution in [0, 0.1) is 5.82 Å². The van der Waals surface area contributed by atoms with Crippen LogP contribution in [0.15, 0.2) is 42.6 Å². The lowest BCUT2D eigenvalue weighted by Crippen LogP contribution is -2.44. The number of carbonyl (C=O) groups excluding carboxylic acids is 1. The molecule has 2 heterocycles. The van der Waals surface area contributed by atoms with Gasteiger partial charge in [0.15, 0.2) is 0 Å². The van der Waals surface area contributed by atoms with Gasteiger partial charge in [-0.15, -0.1) is 0 Å². The third-order valence-corrected chi connectivity index (χ3v) is 3.79. The highest BCUT2D eigenvalue weighted by molar-refractivity contribution is 5.94. The van der Waals surface area contributed by atoms with Crippen molar-refractivity contribution in [3.8, 4) is 0 Å². The van der Waals surface area contributed by atoms with Crippen molar-refractivity contribution < 1.29 is 13.9 Å². The molecule has 110 valence electrons.